The summed E-state index contributed by atoms with van der Waals surface area (Å²) in [5.74, 6) is -0.0951. The van der Waals surface area contributed by atoms with Crippen LogP contribution in [-0.4, -0.2) is 48.9 Å². The molecule has 160 valence electrons. The number of amides is 1. The number of hydrogen-bond donors (Lipinski definition) is 0. The molecule has 0 saturated heterocycles. The van der Waals surface area contributed by atoms with Crippen LogP contribution in [0.25, 0.3) is 0 Å². The monoisotopic (exact) mass is 403 g/mol. The number of carbonyl (C=O) groups excluding carboxylic acids is 2. The number of benzene rings is 1. The van der Waals surface area contributed by atoms with Crippen LogP contribution in [0.5, 0.6) is 0 Å². The van der Waals surface area contributed by atoms with Crippen molar-refractivity contribution < 1.29 is 23.8 Å². The maximum Gasteiger partial charge on any atom is 0.410 e. The highest BCUT2D eigenvalue weighted by molar-refractivity contribution is 5.82. The number of allylic oxidation sites excluding steroid dienone is 1. The Morgan fingerprint density at radius 3 is 2.24 bits per heavy atom. The summed E-state index contributed by atoms with van der Waals surface area (Å²) >= 11 is 0. The summed E-state index contributed by atoms with van der Waals surface area (Å²) in [6, 6.07) is 9.56. The van der Waals surface area contributed by atoms with Gasteiger partial charge in [0.25, 0.3) is 0 Å². The first-order chi connectivity index (χ1) is 13.7. The number of carbonyl (C=O) groups is 2. The lowest BCUT2D eigenvalue weighted by atomic mass is 10.0. The minimum Gasteiger partial charge on any atom is -0.494 e. The first kappa shape index (κ1) is 24.3. The largest absolute Gasteiger partial charge is 0.494 e. The molecule has 0 bridgehead atoms. The van der Waals surface area contributed by atoms with Gasteiger partial charge in [0, 0.05) is 7.05 Å². The van der Waals surface area contributed by atoms with Crippen LogP contribution in [0.3, 0.4) is 0 Å². The highest BCUT2D eigenvalue weighted by Crippen LogP contribution is 2.15. The number of rotatable bonds is 9. The van der Waals surface area contributed by atoms with E-state index >= 15 is 0 Å². The molecule has 0 N–H and O–H groups in total. The molecule has 0 unspecified atom stereocenters. The van der Waals surface area contributed by atoms with Gasteiger partial charge in [-0.15, -0.1) is 0 Å². The molecule has 29 heavy (non-hydrogen) atoms. The van der Waals surface area contributed by atoms with Gasteiger partial charge in [-0.2, -0.15) is 0 Å². The van der Waals surface area contributed by atoms with E-state index in [1.165, 1.54) is 6.08 Å². The van der Waals surface area contributed by atoms with Gasteiger partial charge in [-0.05, 0) is 52.7 Å². The minimum absolute atomic E-state index is 0.288. The third-order valence-corrected chi connectivity index (χ3v) is 3.81. The van der Waals surface area contributed by atoms with E-state index in [1.807, 2.05) is 64.1 Å². The molecule has 0 aliphatic carbocycles. The summed E-state index contributed by atoms with van der Waals surface area (Å²) < 4.78 is 16.0. The fraction of sp³-hybridized carbons (Fsp3) is 0.478. The zero-order chi connectivity index (χ0) is 21.9. The van der Waals surface area contributed by atoms with E-state index in [4.69, 9.17) is 14.2 Å². The third-order valence-electron chi connectivity index (χ3n) is 3.81. The van der Waals surface area contributed by atoms with Crippen LogP contribution in [0, 0.1) is 0 Å². The molecule has 6 nitrogen and oxygen atoms in total. The highest BCUT2D eigenvalue weighted by Gasteiger charge is 2.24. The van der Waals surface area contributed by atoms with Crippen molar-refractivity contribution in [1.82, 2.24) is 4.90 Å². The van der Waals surface area contributed by atoms with E-state index < -0.39 is 17.7 Å². The zero-order valence-corrected chi connectivity index (χ0v) is 18.3. The summed E-state index contributed by atoms with van der Waals surface area (Å²) in [4.78, 5) is 25.9. The molecule has 0 heterocycles. The number of hydrogen-bond acceptors (Lipinski definition) is 5. The zero-order valence-electron chi connectivity index (χ0n) is 18.3. The molecule has 6 heteroatoms. The minimum atomic E-state index is -0.591. The van der Waals surface area contributed by atoms with Crippen molar-refractivity contribution in [3.63, 3.8) is 0 Å². The number of nitrogens with zero attached hydrogens (tertiary/aromatic N) is 1. The Morgan fingerprint density at radius 1 is 1.07 bits per heavy atom. The average Bonchev–Trinajstić information content (AvgIpc) is 2.64. The second-order valence-electron chi connectivity index (χ2n) is 7.44. The SMILES string of the molecule is CCOC(=O)/C=C(/C=C/[C@H](Cc1ccccc1)N(C)C(=O)OC(C)(C)C)OCC. The van der Waals surface area contributed by atoms with Crippen molar-refractivity contribution in [3.8, 4) is 0 Å². The van der Waals surface area contributed by atoms with E-state index in [1.54, 1.807) is 24.9 Å². The van der Waals surface area contributed by atoms with Crippen LogP contribution in [0.2, 0.25) is 0 Å². The molecule has 0 radical (unpaired) electrons. The summed E-state index contributed by atoms with van der Waals surface area (Å²) in [5, 5.41) is 0. The molecule has 0 spiro atoms. The van der Waals surface area contributed by atoms with Crippen molar-refractivity contribution in [2.24, 2.45) is 0 Å². The predicted octanol–water partition coefficient (Wildman–Crippen LogP) is 4.50. The van der Waals surface area contributed by atoms with Gasteiger partial charge in [0.1, 0.15) is 11.4 Å². The maximum atomic E-state index is 12.6. The smallest absolute Gasteiger partial charge is 0.410 e. The molecule has 0 aliphatic heterocycles. The first-order valence-electron chi connectivity index (χ1n) is 9.85. The summed E-state index contributed by atoms with van der Waals surface area (Å²) in [5.41, 5.74) is 0.483. The van der Waals surface area contributed by atoms with Gasteiger partial charge in [0.05, 0.1) is 25.3 Å². The first-order valence-corrected chi connectivity index (χ1v) is 9.85. The van der Waals surface area contributed by atoms with Crippen molar-refractivity contribution in [2.45, 2.75) is 52.7 Å². The molecule has 1 aromatic carbocycles. The van der Waals surface area contributed by atoms with Gasteiger partial charge in [0.2, 0.25) is 0 Å². The molecular weight excluding hydrogens is 370 g/mol. The fourth-order valence-electron chi connectivity index (χ4n) is 2.47. The average molecular weight is 404 g/mol. The Morgan fingerprint density at radius 2 is 1.69 bits per heavy atom. The van der Waals surface area contributed by atoms with E-state index in [-0.39, 0.29) is 12.6 Å². The summed E-state index contributed by atoms with van der Waals surface area (Å²) in [7, 11) is 1.70. The van der Waals surface area contributed by atoms with Crippen molar-refractivity contribution >= 4 is 12.1 Å². The Bertz CT molecular complexity index is 704. The maximum absolute atomic E-state index is 12.6. The molecule has 0 aromatic heterocycles. The van der Waals surface area contributed by atoms with E-state index in [0.29, 0.717) is 18.8 Å². The van der Waals surface area contributed by atoms with Crippen LogP contribution in [-0.2, 0) is 25.4 Å². The molecule has 0 saturated carbocycles. The standard InChI is InChI=1S/C23H33NO5/c1-7-27-20(17-21(25)28-8-2)15-14-19(16-18-12-10-9-11-13-18)24(6)22(26)29-23(3,4)5/h9-15,17,19H,7-8,16H2,1-6H3/b15-14+,20-17-/t19-/m1/s1. The van der Waals surface area contributed by atoms with E-state index in [0.717, 1.165) is 5.56 Å². The van der Waals surface area contributed by atoms with E-state index in [2.05, 4.69) is 0 Å². The molecule has 1 amide bonds. The van der Waals surface area contributed by atoms with Crippen molar-refractivity contribution in [1.29, 1.82) is 0 Å². The Hall–Kier alpha value is -2.76. The van der Waals surface area contributed by atoms with Gasteiger partial charge in [-0.1, -0.05) is 36.4 Å². The Balaban J connectivity index is 3.09. The van der Waals surface area contributed by atoms with Crippen molar-refractivity contribution in [2.75, 3.05) is 20.3 Å². The number of esters is 1. The number of likely N-dealkylation sites (N-methyl/N-ethyl adjacent to an activating group) is 1. The second-order valence-corrected chi connectivity index (χ2v) is 7.44. The molecule has 0 aliphatic rings. The molecule has 1 aromatic rings. The quantitative estimate of drug-likeness (QED) is 0.263. The van der Waals surface area contributed by atoms with Crippen LogP contribution in [0.4, 0.5) is 4.79 Å². The summed E-state index contributed by atoms with van der Waals surface area (Å²) in [6.45, 7) is 9.76. The lowest BCUT2D eigenvalue weighted by Crippen LogP contribution is -2.41. The number of ether oxygens (including phenoxy) is 3. The summed E-state index contributed by atoms with van der Waals surface area (Å²) in [6.07, 6.45) is 4.99. The Kier molecular flexibility index (Phi) is 10.00. The predicted molar refractivity (Wildman–Crippen MR) is 113 cm³/mol. The van der Waals surface area contributed by atoms with Crippen molar-refractivity contribution in [3.05, 3.63) is 59.9 Å². The Labute approximate surface area is 174 Å². The normalized spacial score (nSPS) is 13.1. The van der Waals surface area contributed by atoms with Crippen LogP contribution in [0.15, 0.2) is 54.3 Å². The van der Waals surface area contributed by atoms with Crippen LogP contribution >= 0.6 is 0 Å². The fourth-order valence-corrected chi connectivity index (χ4v) is 2.47. The van der Waals surface area contributed by atoms with Gasteiger partial charge in [-0.3, -0.25) is 0 Å². The van der Waals surface area contributed by atoms with Gasteiger partial charge < -0.3 is 19.1 Å². The van der Waals surface area contributed by atoms with Crippen LogP contribution < -0.4 is 0 Å². The second kappa shape index (κ2) is 11.9. The lowest BCUT2D eigenvalue weighted by Gasteiger charge is -2.29. The molecule has 1 atom stereocenters. The van der Waals surface area contributed by atoms with Crippen LogP contribution in [0.1, 0.15) is 40.2 Å². The highest BCUT2D eigenvalue weighted by atomic mass is 16.6. The van der Waals surface area contributed by atoms with E-state index in [9.17, 15) is 9.59 Å². The van der Waals surface area contributed by atoms with Gasteiger partial charge in [-0.25, -0.2) is 9.59 Å². The topological polar surface area (TPSA) is 65.1 Å². The van der Waals surface area contributed by atoms with Gasteiger partial charge >= 0.3 is 12.1 Å². The lowest BCUT2D eigenvalue weighted by molar-refractivity contribution is -0.137. The molecule has 1 rings (SSSR count). The third kappa shape index (κ3) is 9.83. The molecular formula is C23H33NO5. The van der Waals surface area contributed by atoms with Gasteiger partial charge in [0.15, 0.2) is 0 Å². The molecule has 0 fully saturated rings.